The fourth-order valence-electron chi connectivity index (χ4n) is 12.8. The molecule has 2 fully saturated rings. The molecule has 0 bridgehead atoms. The van der Waals surface area contributed by atoms with Crippen LogP contribution in [0.15, 0.2) is 53.3 Å². The number of carboxylic acid groups (broad SMARTS) is 1. The summed E-state index contributed by atoms with van der Waals surface area (Å²) in [6.07, 6.45) is -8.13. The summed E-state index contributed by atoms with van der Waals surface area (Å²) in [6.45, 7) is 14.3. The largest absolute Gasteiger partial charge is 0.479 e. The number of methoxy groups -OCH3 is 1. The van der Waals surface area contributed by atoms with Gasteiger partial charge in [0.25, 0.3) is 5.56 Å². The van der Waals surface area contributed by atoms with Crippen molar-refractivity contribution in [2.45, 2.75) is 173 Å². The van der Waals surface area contributed by atoms with Crippen LogP contribution < -0.4 is 26.2 Å². The lowest BCUT2D eigenvalue weighted by atomic mass is 9.77. The van der Waals surface area contributed by atoms with Gasteiger partial charge in [0.2, 0.25) is 35.8 Å². The Morgan fingerprint density at radius 2 is 1.48 bits per heavy atom. The van der Waals surface area contributed by atoms with E-state index in [1.54, 1.807) is 62.2 Å². The molecule has 4 aromatic rings. The number of amides is 6. The van der Waals surface area contributed by atoms with Gasteiger partial charge in [-0.1, -0.05) is 52.0 Å². The number of para-hydroxylation sites is 1. The van der Waals surface area contributed by atoms with Gasteiger partial charge < -0.3 is 98.6 Å². The molecule has 2 aromatic heterocycles. The molecule has 30 nitrogen and oxygen atoms in total. The summed E-state index contributed by atoms with van der Waals surface area (Å²) < 4.78 is 46.2. The van der Waals surface area contributed by atoms with E-state index in [9.17, 15) is 68.7 Å². The first-order valence-electron chi connectivity index (χ1n) is 34.2. The maximum Gasteiger partial charge on any atom is 0.410 e. The molecule has 2 aromatic carbocycles. The van der Waals surface area contributed by atoms with Gasteiger partial charge in [0, 0.05) is 80.3 Å². The van der Waals surface area contributed by atoms with Gasteiger partial charge in [0.1, 0.15) is 61.6 Å². The maximum absolute atomic E-state index is 14.2. The number of aliphatic hydroxyl groups excluding tert-OH is 3. The lowest BCUT2D eigenvalue weighted by molar-refractivity contribution is -0.271. The van der Waals surface area contributed by atoms with Gasteiger partial charge >= 0.3 is 12.1 Å². The molecule has 3 aliphatic heterocycles. The van der Waals surface area contributed by atoms with Crippen molar-refractivity contribution in [3.8, 4) is 17.1 Å². The number of aliphatic hydroxyl groups is 4. The number of carbonyl (C=O) groups excluding carboxylic acids is 7. The molecule has 30 heteroatoms. The lowest BCUT2D eigenvalue weighted by Crippen LogP contribution is -2.61. The third-order valence-electron chi connectivity index (χ3n) is 18.4. The second-order valence-electron chi connectivity index (χ2n) is 25.9. The van der Waals surface area contributed by atoms with Crippen molar-refractivity contribution < 1.29 is 102 Å². The number of aliphatic carboxylic acids is 1. The minimum absolute atomic E-state index is 0.0382. The highest BCUT2D eigenvalue weighted by atomic mass is 16.7. The SMILES string of the molecule is CCCC(=O)N1CCC(N(CCOCCOCCOCCOC)C(=O)COCC(=O)N[C@H](C(=O)N[C@@H](C)C(=O)Nc2ccc(COC(=O)N(CCc3c4c(nc5ccccc35)-c3cc5c(c(=O)n3C4)CCC(=O)[C@]5(O)CC)C(C)C)cc2O[C@@H]2O[C@H](C(=O)O)[C@@H](O)[C@H](O)[C@H]2O)C(C)C)CC1. The number of nitrogens with zero attached hydrogens (tertiary/aromatic N) is 5. The fraction of sp³-hybridized carbons (Fsp3) is 0.600. The number of carbonyl (C=O) groups is 8. The minimum atomic E-state index is -2.07. The quantitative estimate of drug-likeness (QED) is 0.0270. The summed E-state index contributed by atoms with van der Waals surface area (Å²) in [7, 11) is 1.59. The van der Waals surface area contributed by atoms with Crippen molar-refractivity contribution in [1.82, 2.24) is 34.9 Å². The fourth-order valence-corrected chi connectivity index (χ4v) is 12.8. The number of hydrogen-bond acceptors (Lipinski definition) is 22. The monoisotopic (exact) mass is 1400 g/mol. The molecule has 0 unspecified atom stereocenters. The van der Waals surface area contributed by atoms with Crippen molar-refractivity contribution >= 4 is 64.0 Å². The van der Waals surface area contributed by atoms with Gasteiger partial charge in [0.15, 0.2) is 11.9 Å². The molecular weight excluding hydrogens is 1300 g/mol. The third kappa shape index (κ3) is 18.9. The van der Waals surface area contributed by atoms with Crippen LogP contribution in [0.3, 0.4) is 0 Å². The molecule has 0 radical (unpaired) electrons. The summed E-state index contributed by atoms with van der Waals surface area (Å²) in [5.74, 6) is -5.57. The zero-order valence-electron chi connectivity index (χ0n) is 58.1. The highest BCUT2D eigenvalue weighted by molar-refractivity contribution is 5.99. The molecule has 8 atom stereocenters. The van der Waals surface area contributed by atoms with E-state index < -0.39 is 116 Å². The highest BCUT2D eigenvalue weighted by Crippen LogP contribution is 2.41. The number of carboxylic acids is 1. The van der Waals surface area contributed by atoms with E-state index in [1.165, 1.54) is 30.0 Å². The van der Waals surface area contributed by atoms with Gasteiger partial charge in [-0.15, -0.1) is 0 Å². The zero-order valence-corrected chi connectivity index (χ0v) is 58.1. The number of benzene rings is 2. The summed E-state index contributed by atoms with van der Waals surface area (Å²) in [5.41, 5.74) is 1.88. The van der Waals surface area contributed by atoms with E-state index in [0.717, 1.165) is 22.9 Å². The van der Waals surface area contributed by atoms with Crippen LogP contribution in [0.5, 0.6) is 5.75 Å². The Hall–Kier alpha value is -8.04. The predicted molar refractivity (Wildman–Crippen MR) is 360 cm³/mol. The number of anilines is 1. The van der Waals surface area contributed by atoms with Crippen LogP contribution in [-0.4, -0.2) is 245 Å². The van der Waals surface area contributed by atoms with Crippen molar-refractivity contribution in [3.05, 3.63) is 86.7 Å². The van der Waals surface area contributed by atoms with Crippen molar-refractivity contribution in [1.29, 1.82) is 0 Å². The van der Waals surface area contributed by atoms with Crippen LogP contribution in [0.1, 0.15) is 115 Å². The number of aromatic nitrogens is 2. The predicted octanol–water partition coefficient (Wildman–Crippen LogP) is 2.32. The standard InChI is InChI=1S/C70H96N8O22/c1-9-13-56(81)75-23-20-44(21-24-75)77(26-27-94-30-31-96-33-32-95-29-28-93-8)57(82)39-97-38-55(80)74-58(40(3)4)65(87)71-42(7)64(86)73-51-18-16-43(34-53(51)99-68-62(85)60(83)61(84)63(100-68)67(89)90)37-98-69(91)76(41(5)6)25-22-45-46-14-11-12-15-50(46)72-59-48(45)36-78-52(59)35-49-47(66(78)88)17-19-54(79)70(49,92)10-2/h11-12,14-16,18,34-35,40-42,44,58,60-63,68,83-85,92H,9-10,13,17,19-33,36-39H2,1-8H3,(H,71,87)(H,73,86)(H,74,80)(H,89,90)/t42-,58-,60-,61-,62+,63-,68+,70-/m0/s1. The second-order valence-corrected chi connectivity index (χ2v) is 25.9. The van der Waals surface area contributed by atoms with Crippen LogP contribution in [0.25, 0.3) is 22.3 Å². The van der Waals surface area contributed by atoms with E-state index in [0.29, 0.717) is 93.4 Å². The van der Waals surface area contributed by atoms with Gasteiger partial charge in [-0.3, -0.25) is 33.6 Å². The summed E-state index contributed by atoms with van der Waals surface area (Å²) in [6, 6.07) is 10.1. The number of piperidine rings is 1. The van der Waals surface area contributed by atoms with E-state index in [4.69, 9.17) is 42.9 Å². The summed E-state index contributed by atoms with van der Waals surface area (Å²) in [4.78, 5) is 131. The lowest BCUT2D eigenvalue weighted by Gasteiger charge is -2.38. The maximum atomic E-state index is 14.2. The highest BCUT2D eigenvalue weighted by Gasteiger charge is 2.49. The number of hydrogen-bond donors (Lipinski definition) is 8. The van der Waals surface area contributed by atoms with E-state index >= 15 is 0 Å². The van der Waals surface area contributed by atoms with Gasteiger partial charge in [-0.05, 0) is 101 Å². The molecule has 5 heterocycles. The van der Waals surface area contributed by atoms with Crippen LogP contribution in [0, 0.1) is 5.92 Å². The first-order chi connectivity index (χ1) is 47.8. The Kier molecular flexibility index (Phi) is 28.0. The number of ether oxygens (including phenoxy) is 8. The van der Waals surface area contributed by atoms with Crippen LogP contribution in [-0.2, 0) is 98.3 Å². The number of ketones is 1. The smallest absolute Gasteiger partial charge is 0.410 e. The summed E-state index contributed by atoms with van der Waals surface area (Å²) >= 11 is 0. The number of pyridine rings is 2. The first-order valence-corrected chi connectivity index (χ1v) is 34.2. The molecule has 8 N–H and O–H groups in total. The van der Waals surface area contributed by atoms with Crippen molar-refractivity contribution in [3.63, 3.8) is 0 Å². The first kappa shape index (κ1) is 77.7. The van der Waals surface area contributed by atoms with Crippen LogP contribution >= 0.6 is 0 Å². The van der Waals surface area contributed by atoms with Crippen LogP contribution in [0.2, 0.25) is 0 Å². The van der Waals surface area contributed by atoms with Crippen molar-refractivity contribution in [2.24, 2.45) is 5.92 Å². The minimum Gasteiger partial charge on any atom is -0.479 e. The van der Waals surface area contributed by atoms with E-state index in [-0.39, 0.29) is 98.8 Å². The molecule has 0 saturated carbocycles. The van der Waals surface area contributed by atoms with Gasteiger partial charge in [0.05, 0.1) is 75.4 Å². The molecule has 4 aliphatic rings. The molecule has 2 saturated heterocycles. The zero-order chi connectivity index (χ0) is 72.5. The normalized spacial score (nSPS) is 20.3. The Morgan fingerprint density at radius 1 is 0.790 bits per heavy atom. The molecule has 1 aliphatic carbocycles. The number of nitrogens with one attached hydrogen (secondary N) is 3. The topological polar surface area (TPSA) is 392 Å². The Balaban J connectivity index is 0.902. The Bertz CT molecular complexity index is 3620. The Labute approximate surface area is 579 Å². The van der Waals surface area contributed by atoms with Crippen molar-refractivity contribution in [2.75, 3.05) is 98.1 Å². The molecular formula is C70H96N8O22. The number of likely N-dealkylation sites (tertiary alicyclic amines) is 1. The third-order valence-corrected chi connectivity index (χ3v) is 18.4. The van der Waals surface area contributed by atoms with Gasteiger partial charge in [-0.25, -0.2) is 14.6 Å². The van der Waals surface area contributed by atoms with Crippen LogP contribution in [0.4, 0.5) is 10.5 Å². The second kappa shape index (κ2) is 36.0. The number of Topliss-reactive ketones (excluding diaryl/α,β-unsaturated/α-hetero) is 1. The van der Waals surface area contributed by atoms with E-state index in [1.807, 2.05) is 31.2 Å². The number of fused-ring (bicyclic) bond motifs is 5. The molecule has 8 rings (SSSR count). The van der Waals surface area contributed by atoms with Gasteiger partial charge in [-0.2, -0.15) is 0 Å². The average molecular weight is 1400 g/mol. The molecule has 0 spiro atoms. The number of rotatable bonds is 35. The molecule has 100 heavy (non-hydrogen) atoms. The summed E-state index contributed by atoms with van der Waals surface area (Å²) in [5, 5.41) is 62.2. The molecule has 6 amide bonds. The average Bonchev–Trinajstić information content (AvgIpc) is 1.49. The van der Waals surface area contributed by atoms with E-state index in [2.05, 4.69) is 16.0 Å². The molecule has 548 valence electrons. The Morgan fingerprint density at radius 3 is 2.14 bits per heavy atom.